The summed E-state index contributed by atoms with van der Waals surface area (Å²) >= 11 is 0. The van der Waals surface area contributed by atoms with Crippen molar-refractivity contribution in [2.24, 2.45) is 0 Å². The van der Waals surface area contributed by atoms with E-state index in [4.69, 9.17) is 14.2 Å². The molecule has 0 radical (unpaired) electrons. The van der Waals surface area contributed by atoms with Gasteiger partial charge >= 0.3 is 0 Å². The number of ether oxygens (including phenoxy) is 3. The monoisotopic (exact) mass is 286 g/mol. The number of hydrogen-bond donors (Lipinski definition) is 0. The SMILES string of the molecule is COc1cc(OC)c(C(=O)Cc2ccccc2)cc1OC. The Hall–Kier alpha value is -2.49. The molecule has 0 aliphatic carbocycles. The average Bonchev–Trinajstić information content (AvgIpc) is 2.54. The summed E-state index contributed by atoms with van der Waals surface area (Å²) in [6, 6.07) is 12.9. The fourth-order valence-corrected chi connectivity index (χ4v) is 2.12. The molecule has 0 saturated heterocycles. The molecule has 0 saturated carbocycles. The summed E-state index contributed by atoms with van der Waals surface area (Å²) in [5.41, 5.74) is 1.44. The van der Waals surface area contributed by atoms with E-state index in [-0.39, 0.29) is 5.78 Å². The van der Waals surface area contributed by atoms with Crippen molar-refractivity contribution in [3.63, 3.8) is 0 Å². The molecule has 0 aromatic heterocycles. The van der Waals surface area contributed by atoms with Crippen LogP contribution in [0.1, 0.15) is 15.9 Å². The molecule has 4 heteroatoms. The van der Waals surface area contributed by atoms with E-state index in [9.17, 15) is 4.79 Å². The standard InChI is InChI=1S/C17H18O4/c1-19-15-11-17(21-3)16(20-2)10-13(15)14(18)9-12-7-5-4-6-8-12/h4-8,10-11H,9H2,1-3H3. The molecule has 0 unspecified atom stereocenters. The third-order valence-corrected chi connectivity index (χ3v) is 3.21. The highest BCUT2D eigenvalue weighted by atomic mass is 16.5. The van der Waals surface area contributed by atoms with Gasteiger partial charge < -0.3 is 14.2 Å². The zero-order valence-corrected chi connectivity index (χ0v) is 12.4. The lowest BCUT2D eigenvalue weighted by Crippen LogP contribution is -2.07. The molecule has 2 aromatic rings. The Labute approximate surface area is 124 Å². The number of rotatable bonds is 6. The van der Waals surface area contributed by atoms with Crippen LogP contribution in [0.4, 0.5) is 0 Å². The second-order valence-electron chi connectivity index (χ2n) is 4.49. The highest BCUT2D eigenvalue weighted by molar-refractivity contribution is 6.00. The van der Waals surface area contributed by atoms with E-state index in [1.165, 1.54) is 14.2 Å². The Kier molecular flexibility index (Phi) is 4.82. The molecule has 0 spiro atoms. The topological polar surface area (TPSA) is 44.8 Å². The van der Waals surface area contributed by atoms with Crippen LogP contribution in [0.25, 0.3) is 0 Å². The molecular weight excluding hydrogens is 268 g/mol. The van der Waals surface area contributed by atoms with Gasteiger partial charge in [-0.2, -0.15) is 0 Å². The number of benzene rings is 2. The minimum Gasteiger partial charge on any atom is -0.496 e. The highest BCUT2D eigenvalue weighted by Gasteiger charge is 2.17. The molecular formula is C17H18O4. The molecule has 2 rings (SSSR count). The van der Waals surface area contributed by atoms with Gasteiger partial charge in [-0.05, 0) is 11.6 Å². The average molecular weight is 286 g/mol. The van der Waals surface area contributed by atoms with Crippen molar-refractivity contribution in [1.29, 1.82) is 0 Å². The summed E-state index contributed by atoms with van der Waals surface area (Å²) < 4.78 is 15.7. The number of hydrogen-bond acceptors (Lipinski definition) is 4. The number of carbonyl (C=O) groups excluding carboxylic acids is 1. The summed E-state index contributed by atoms with van der Waals surface area (Å²) in [5, 5.41) is 0. The van der Waals surface area contributed by atoms with Gasteiger partial charge in [-0.15, -0.1) is 0 Å². The Bertz CT molecular complexity index is 620. The van der Waals surface area contributed by atoms with Crippen LogP contribution in [-0.4, -0.2) is 27.1 Å². The maximum atomic E-state index is 12.5. The molecule has 2 aromatic carbocycles. The predicted molar refractivity (Wildman–Crippen MR) is 80.6 cm³/mol. The van der Waals surface area contributed by atoms with Crippen molar-refractivity contribution >= 4 is 5.78 Å². The highest BCUT2D eigenvalue weighted by Crippen LogP contribution is 2.35. The third-order valence-electron chi connectivity index (χ3n) is 3.21. The van der Waals surface area contributed by atoms with E-state index in [2.05, 4.69) is 0 Å². The quantitative estimate of drug-likeness (QED) is 0.765. The van der Waals surface area contributed by atoms with Crippen molar-refractivity contribution in [3.05, 3.63) is 53.6 Å². The van der Waals surface area contributed by atoms with Crippen LogP contribution in [0.5, 0.6) is 17.2 Å². The molecule has 4 nitrogen and oxygen atoms in total. The van der Waals surface area contributed by atoms with Gasteiger partial charge in [0.2, 0.25) is 0 Å². The molecule has 0 amide bonds. The fraction of sp³-hybridized carbons (Fsp3) is 0.235. The lowest BCUT2D eigenvalue weighted by Gasteiger charge is -2.13. The maximum Gasteiger partial charge on any atom is 0.171 e. The van der Waals surface area contributed by atoms with Crippen LogP contribution in [0, 0.1) is 0 Å². The van der Waals surface area contributed by atoms with E-state index in [0.717, 1.165) is 5.56 Å². The van der Waals surface area contributed by atoms with Crippen molar-refractivity contribution in [3.8, 4) is 17.2 Å². The first kappa shape index (κ1) is 14.9. The van der Waals surface area contributed by atoms with E-state index in [0.29, 0.717) is 29.2 Å². The molecule has 0 heterocycles. The lowest BCUT2D eigenvalue weighted by atomic mass is 10.0. The van der Waals surface area contributed by atoms with Gasteiger partial charge in [-0.1, -0.05) is 30.3 Å². The third kappa shape index (κ3) is 3.34. The second kappa shape index (κ2) is 6.79. The summed E-state index contributed by atoms with van der Waals surface area (Å²) in [6.45, 7) is 0. The molecule has 0 aliphatic rings. The fourth-order valence-electron chi connectivity index (χ4n) is 2.12. The molecule has 21 heavy (non-hydrogen) atoms. The molecule has 0 N–H and O–H groups in total. The van der Waals surface area contributed by atoms with E-state index in [1.807, 2.05) is 30.3 Å². The van der Waals surface area contributed by atoms with Crippen LogP contribution in [-0.2, 0) is 6.42 Å². The number of methoxy groups -OCH3 is 3. The van der Waals surface area contributed by atoms with Gasteiger partial charge in [0.25, 0.3) is 0 Å². The molecule has 0 fully saturated rings. The maximum absolute atomic E-state index is 12.5. The summed E-state index contributed by atoms with van der Waals surface area (Å²) in [6.07, 6.45) is 0.312. The Morgan fingerprint density at radius 1 is 0.857 bits per heavy atom. The largest absolute Gasteiger partial charge is 0.496 e. The van der Waals surface area contributed by atoms with Crippen LogP contribution < -0.4 is 14.2 Å². The Balaban J connectivity index is 2.35. The van der Waals surface area contributed by atoms with Crippen LogP contribution in [0.2, 0.25) is 0 Å². The van der Waals surface area contributed by atoms with Crippen molar-refractivity contribution < 1.29 is 19.0 Å². The zero-order chi connectivity index (χ0) is 15.2. The predicted octanol–water partition coefficient (Wildman–Crippen LogP) is 3.14. The first-order valence-electron chi connectivity index (χ1n) is 6.56. The Morgan fingerprint density at radius 3 is 2.00 bits per heavy atom. The van der Waals surface area contributed by atoms with Crippen molar-refractivity contribution in [1.82, 2.24) is 0 Å². The minimum absolute atomic E-state index is 0.0287. The normalized spacial score (nSPS) is 10.0. The van der Waals surface area contributed by atoms with Crippen molar-refractivity contribution in [2.45, 2.75) is 6.42 Å². The minimum atomic E-state index is -0.0287. The summed E-state index contributed by atoms with van der Waals surface area (Å²) in [7, 11) is 4.61. The molecule has 0 bridgehead atoms. The van der Waals surface area contributed by atoms with Crippen LogP contribution >= 0.6 is 0 Å². The van der Waals surface area contributed by atoms with Crippen LogP contribution in [0.3, 0.4) is 0 Å². The van der Waals surface area contributed by atoms with Gasteiger partial charge in [-0.25, -0.2) is 0 Å². The van der Waals surface area contributed by atoms with Crippen molar-refractivity contribution in [2.75, 3.05) is 21.3 Å². The Morgan fingerprint density at radius 2 is 1.43 bits per heavy atom. The van der Waals surface area contributed by atoms with Gasteiger partial charge in [0.15, 0.2) is 17.3 Å². The second-order valence-corrected chi connectivity index (χ2v) is 4.49. The van der Waals surface area contributed by atoms with Gasteiger partial charge in [-0.3, -0.25) is 4.79 Å². The van der Waals surface area contributed by atoms with Crippen LogP contribution in [0.15, 0.2) is 42.5 Å². The number of ketones is 1. The van der Waals surface area contributed by atoms with Gasteiger partial charge in [0.05, 0.1) is 26.9 Å². The number of Topliss-reactive ketones (excluding diaryl/α,β-unsaturated/α-hetero) is 1. The smallest absolute Gasteiger partial charge is 0.171 e. The first-order chi connectivity index (χ1) is 10.2. The summed E-state index contributed by atoms with van der Waals surface area (Å²) in [4.78, 5) is 12.5. The van der Waals surface area contributed by atoms with E-state index >= 15 is 0 Å². The zero-order valence-electron chi connectivity index (χ0n) is 12.4. The lowest BCUT2D eigenvalue weighted by molar-refractivity contribution is 0.0989. The molecule has 0 aliphatic heterocycles. The first-order valence-corrected chi connectivity index (χ1v) is 6.56. The summed E-state index contributed by atoms with van der Waals surface area (Å²) in [5.74, 6) is 1.49. The number of carbonyl (C=O) groups is 1. The molecule has 110 valence electrons. The van der Waals surface area contributed by atoms with E-state index < -0.39 is 0 Å². The van der Waals surface area contributed by atoms with Gasteiger partial charge in [0.1, 0.15) is 5.75 Å². The van der Waals surface area contributed by atoms with Gasteiger partial charge in [0, 0.05) is 12.5 Å². The molecule has 0 atom stereocenters. The van der Waals surface area contributed by atoms with E-state index in [1.54, 1.807) is 19.2 Å².